The summed E-state index contributed by atoms with van der Waals surface area (Å²) in [4.78, 5) is 31.1. The summed E-state index contributed by atoms with van der Waals surface area (Å²) < 4.78 is 12.3. The predicted octanol–water partition coefficient (Wildman–Crippen LogP) is 7.03. The predicted molar refractivity (Wildman–Crippen MR) is 168 cm³/mol. The SMILES string of the molecule is COc1ccccc1C1CC(c2c(-c3ccccc3)c3cc(Br)ccc3[nH]c2=O)=NN1C(=O)C(OC)c1ccccc1. The third-order valence-electron chi connectivity index (χ3n) is 7.52. The molecule has 6 rings (SSSR count). The molecule has 5 aromatic rings. The van der Waals surface area contributed by atoms with E-state index in [1.54, 1.807) is 7.11 Å². The van der Waals surface area contributed by atoms with E-state index >= 15 is 0 Å². The Morgan fingerprint density at radius 3 is 2.33 bits per heavy atom. The minimum Gasteiger partial charge on any atom is -0.496 e. The van der Waals surface area contributed by atoms with Crippen molar-refractivity contribution in [3.63, 3.8) is 0 Å². The molecule has 2 atom stereocenters. The van der Waals surface area contributed by atoms with Gasteiger partial charge in [0.1, 0.15) is 5.75 Å². The van der Waals surface area contributed by atoms with Crippen molar-refractivity contribution >= 4 is 38.5 Å². The summed E-state index contributed by atoms with van der Waals surface area (Å²) >= 11 is 3.59. The Morgan fingerprint density at radius 1 is 0.929 bits per heavy atom. The molecule has 1 aliphatic rings. The number of fused-ring (bicyclic) bond motifs is 1. The Balaban J connectivity index is 1.57. The maximum Gasteiger partial charge on any atom is 0.276 e. The first-order valence-corrected chi connectivity index (χ1v) is 14.3. The molecule has 1 N–H and O–H groups in total. The van der Waals surface area contributed by atoms with E-state index in [0.717, 1.165) is 26.5 Å². The van der Waals surface area contributed by atoms with Gasteiger partial charge in [0.2, 0.25) is 0 Å². The smallest absolute Gasteiger partial charge is 0.276 e. The number of aromatic amines is 1. The largest absolute Gasteiger partial charge is 0.496 e. The molecule has 0 bridgehead atoms. The molecule has 1 amide bonds. The number of H-pyrrole nitrogens is 1. The molecular formula is C34H28BrN3O4. The van der Waals surface area contributed by atoms with Gasteiger partial charge in [0.15, 0.2) is 6.10 Å². The van der Waals surface area contributed by atoms with E-state index < -0.39 is 12.1 Å². The van der Waals surface area contributed by atoms with E-state index in [4.69, 9.17) is 14.6 Å². The Morgan fingerprint density at radius 2 is 1.62 bits per heavy atom. The van der Waals surface area contributed by atoms with E-state index in [0.29, 0.717) is 34.5 Å². The summed E-state index contributed by atoms with van der Waals surface area (Å²) in [7, 11) is 3.11. The molecule has 8 heteroatoms. The van der Waals surface area contributed by atoms with Crippen LogP contribution in [0.2, 0.25) is 0 Å². The van der Waals surface area contributed by atoms with Crippen LogP contribution < -0.4 is 10.3 Å². The highest BCUT2D eigenvalue weighted by Gasteiger charge is 2.39. The number of methoxy groups -OCH3 is 2. The fourth-order valence-electron chi connectivity index (χ4n) is 5.62. The van der Waals surface area contributed by atoms with Crippen molar-refractivity contribution in [2.45, 2.75) is 18.6 Å². The monoisotopic (exact) mass is 621 g/mol. The van der Waals surface area contributed by atoms with Crippen molar-refractivity contribution in [2.24, 2.45) is 5.10 Å². The van der Waals surface area contributed by atoms with Crippen LogP contribution in [0.3, 0.4) is 0 Å². The number of ether oxygens (including phenoxy) is 2. The maximum absolute atomic E-state index is 14.2. The van der Waals surface area contributed by atoms with Crippen molar-refractivity contribution in [2.75, 3.05) is 14.2 Å². The fourth-order valence-corrected chi connectivity index (χ4v) is 5.98. The number of rotatable bonds is 7. The topological polar surface area (TPSA) is 84.0 Å². The lowest BCUT2D eigenvalue weighted by Crippen LogP contribution is -2.32. The molecule has 0 aliphatic carbocycles. The van der Waals surface area contributed by atoms with Gasteiger partial charge in [-0.1, -0.05) is 94.8 Å². The van der Waals surface area contributed by atoms with Crippen LogP contribution in [0.15, 0.2) is 117 Å². The average molecular weight is 623 g/mol. The van der Waals surface area contributed by atoms with Crippen LogP contribution in [0.1, 0.15) is 35.3 Å². The number of carbonyl (C=O) groups is 1. The number of hydrogen-bond acceptors (Lipinski definition) is 5. The Kier molecular flexibility index (Phi) is 7.73. The minimum atomic E-state index is -0.883. The number of benzene rings is 4. The minimum absolute atomic E-state index is 0.276. The molecule has 1 aliphatic heterocycles. The van der Waals surface area contributed by atoms with Gasteiger partial charge in [-0.15, -0.1) is 0 Å². The number of aromatic nitrogens is 1. The van der Waals surface area contributed by atoms with Gasteiger partial charge in [-0.05, 0) is 35.4 Å². The first-order chi connectivity index (χ1) is 20.5. The number of nitrogens with zero attached hydrogens (tertiary/aromatic N) is 2. The normalized spacial score (nSPS) is 15.5. The van der Waals surface area contributed by atoms with Crippen molar-refractivity contribution in [3.05, 3.63) is 135 Å². The summed E-state index contributed by atoms with van der Waals surface area (Å²) in [5.74, 6) is 0.292. The second-order valence-corrected chi connectivity index (χ2v) is 10.9. The number of amides is 1. The molecule has 0 fully saturated rings. The lowest BCUT2D eigenvalue weighted by atomic mass is 9.91. The molecule has 0 saturated heterocycles. The summed E-state index contributed by atoms with van der Waals surface area (Å²) in [5, 5.41) is 7.21. The fraction of sp³-hybridized carbons (Fsp3) is 0.147. The first kappa shape index (κ1) is 27.6. The molecule has 2 unspecified atom stereocenters. The van der Waals surface area contributed by atoms with E-state index in [2.05, 4.69) is 20.9 Å². The van der Waals surface area contributed by atoms with Crippen molar-refractivity contribution in [3.8, 4) is 16.9 Å². The number of pyridine rings is 1. The van der Waals surface area contributed by atoms with Gasteiger partial charge in [-0.2, -0.15) is 5.10 Å². The zero-order valence-corrected chi connectivity index (χ0v) is 24.7. The molecule has 2 heterocycles. The lowest BCUT2D eigenvalue weighted by molar-refractivity contribution is -0.144. The highest BCUT2D eigenvalue weighted by atomic mass is 79.9. The van der Waals surface area contributed by atoms with Crippen LogP contribution in [-0.4, -0.2) is 35.8 Å². The van der Waals surface area contributed by atoms with Crippen LogP contribution in [0.25, 0.3) is 22.0 Å². The molecule has 0 radical (unpaired) electrons. The van der Waals surface area contributed by atoms with Crippen LogP contribution in [0.4, 0.5) is 0 Å². The highest BCUT2D eigenvalue weighted by Crippen LogP contribution is 2.41. The number of halogens is 1. The number of hydrogen-bond donors (Lipinski definition) is 1. The van der Waals surface area contributed by atoms with Crippen molar-refractivity contribution < 1.29 is 14.3 Å². The molecule has 0 saturated carbocycles. The van der Waals surface area contributed by atoms with E-state index in [1.165, 1.54) is 12.1 Å². The van der Waals surface area contributed by atoms with Gasteiger partial charge in [0.25, 0.3) is 11.5 Å². The highest BCUT2D eigenvalue weighted by molar-refractivity contribution is 9.10. The molecule has 4 aromatic carbocycles. The van der Waals surface area contributed by atoms with Gasteiger partial charge >= 0.3 is 0 Å². The van der Waals surface area contributed by atoms with Crippen molar-refractivity contribution in [1.82, 2.24) is 9.99 Å². The molecular weight excluding hydrogens is 594 g/mol. The van der Waals surface area contributed by atoms with Crippen molar-refractivity contribution in [1.29, 1.82) is 0 Å². The Hall–Kier alpha value is -4.53. The molecule has 210 valence electrons. The van der Waals surface area contributed by atoms with E-state index in [9.17, 15) is 9.59 Å². The zero-order chi connectivity index (χ0) is 29.2. The first-order valence-electron chi connectivity index (χ1n) is 13.5. The quantitative estimate of drug-likeness (QED) is 0.211. The molecule has 42 heavy (non-hydrogen) atoms. The van der Waals surface area contributed by atoms with Crippen LogP contribution in [0, 0.1) is 0 Å². The summed E-state index contributed by atoms with van der Waals surface area (Å²) in [5.41, 5.74) is 4.50. The molecule has 1 aromatic heterocycles. The molecule has 7 nitrogen and oxygen atoms in total. The van der Waals surface area contributed by atoms with Crippen LogP contribution >= 0.6 is 15.9 Å². The second kappa shape index (κ2) is 11.8. The third-order valence-corrected chi connectivity index (χ3v) is 8.02. The number of hydrazone groups is 1. The van der Waals surface area contributed by atoms with Crippen LogP contribution in [-0.2, 0) is 9.53 Å². The maximum atomic E-state index is 14.2. The average Bonchev–Trinajstić information content (AvgIpc) is 3.46. The van der Waals surface area contributed by atoms with Gasteiger partial charge in [-0.3, -0.25) is 9.59 Å². The Bertz CT molecular complexity index is 1850. The number of carbonyl (C=O) groups excluding carboxylic acids is 1. The zero-order valence-electron chi connectivity index (χ0n) is 23.1. The second-order valence-electron chi connectivity index (χ2n) is 9.98. The Labute approximate surface area is 251 Å². The summed E-state index contributed by atoms with van der Waals surface area (Å²) in [6, 6.07) is 31.9. The van der Waals surface area contributed by atoms with E-state index in [-0.39, 0.29) is 11.5 Å². The summed E-state index contributed by atoms with van der Waals surface area (Å²) in [6.07, 6.45) is -0.578. The van der Waals surface area contributed by atoms with Gasteiger partial charge < -0.3 is 14.5 Å². The van der Waals surface area contributed by atoms with Crippen LogP contribution in [0.5, 0.6) is 5.75 Å². The van der Waals surface area contributed by atoms with Gasteiger partial charge in [-0.25, -0.2) is 5.01 Å². The lowest BCUT2D eigenvalue weighted by Gasteiger charge is -2.27. The summed E-state index contributed by atoms with van der Waals surface area (Å²) in [6.45, 7) is 0. The number of para-hydroxylation sites is 1. The van der Waals surface area contributed by atoms with E-state index in [1.807, 2.05) is 103 Å². The van der Waals surface area contributed by atoms with Gasteiger partial charge in [0.05, 0.1) is 24.4 Å². The standard InChI is InChI=1S/C34H28BrN3O4/c1-41-29-16-10-9-15-24(29)28-20-27(37-38(28)34(40)32(42-2)22-13-7-4-8-14-22)31-30(21-11-5-3-6-12-21)25-19-23(35)17-18-26(25)36-33(31)39/h3-19,28,32H,20H2,1-2H3,(H,36,39). The third kappa shape index (κ3) is 5.04. The van der Waals surface area contributed by atoms with Gasteiger partial charge in [0, 0.05) is 40.0 Å². The number of nitrogens with one attached hydrogen (secondary N) is 1. The molecule has 0 spiro atoms.